The summed E-state index contributed by atoms with van der Waals surface area (Å²) in [6.07, 6.45) is 1.89. The summed E-state index contributed by atoms with van der Waals surface area (Å²) in [4.78, 5) is 6.66. The highest BCUT2D eigenvalue weighted by atomic mass is 32.1. The molecule has 2 heterocycles. The van der Waals surface area contributed by atoms with Crippen LogP contribution < -0.4 is 4.74 Å². The second-order valence-electron chi connectivity index (χ2n) is 5.02. The van der Waals surface area contributed by atoms with Crippen LogP contribution in [0.2, 0.25) is 0 Å². The molecule has 0 amide bonds. The first-order valence-corrected chi connectivity index (χ1v) is 8.09. The van der Waals surface area contributed by atoms with Crippen molar-refractivity contribution >= 4 is 11.3 Å². The van der Waals surface area contributed by atoms with Crippen molar-refractivity contribution in [1.82, 2.24) is 9.88 Å². The van der Waals surface area contributed by atoms with E-state index in [0.717, 1.165) is 37.0 Å². The van der Waals surface area contributed by atoms with E-state index >= 15 is 0 Å². The fourth-order valence-electron chi connectivity index (χ4n) is 2.37. The maximum atomic E-state index is 8.76. The summed E-state index contributed by atoms with van der Waals surface area (Å²) < 4.78 is 11.5. The van der Waals surface area contributed by atoms with Crippen molar-refractivity contribution in [3.8, 4) is 11.8 Å². The van der Waals surface area contributed by atoms with E-state index in [1.807, 2.05) is 23.7 Å². The van der Waals surface area contributed by atoms with E-state index in [9.17, 15) is 0 Å². The number of aromatic nitrogens is 1. The standard InChI is InChI=1S/C16H17N3O2S/c17-11-13-1-3-14(4-2-13)20-8-6-19-7-9-21-15(12-19)16-18-5-10-22-16/h1-5,10,15H,6-9,12H2/t15-/m1/s1. The third-order valence-electron chi connectivity index (χ3n) is 3.54. The van der Waals surface area contributed by atoms with Crippen LogP contribution >= 0.6 is 11.3 Å². The maximum absolute atomic E-state index is 8.76. The first-order chi connectivity index (χ1) is 10.8. The average molecular weight is 315 g/mol. The van der Waals surface area contributed by atoms with Crippen LogP contribution in [0.5, 0.6) is 5.75 Å². The van der Waals surface area contributed by atoms with Crippen LogP contribution in [0, 0.1) is 11.3 Å². The number of morpholine rings is 1. The molecule has 0 bridgehead atoms. The summed E-state index contributed by atoms with van der Waals surface area (Å²) in [7, 11) is 0. The van der Waals surface area contributed by atoms with Gasteiger partial charge in [-0.05, 0) is 24.3 Å². The highest BCUT2D eigenvalue weighted by molar-refractivity contribution is 7.09. The zero-order valence-corrected chi connectivity index (χ0v) is 13.0. The molecular weight excluding hydrogens is 298 g/mol. The van der Waals surface area contributed by atoms with Crippen LogP contribution in [0.4, 0.5) is 0 Å². The van der Waals surface area contributed by atoms with Gasteiger partial charge in [0.15, 0.2) is 0 Å². The Bertz CT molecular complexity index is 622. The van der Waals surface area contributed by atoms with Gasteiger partial charge in [0, 0.05) is 31.2 Å². The molecule has 1 fully saturated rings. The van der Waals surface area contributed by atoms with Crippen molar-refractivity contribution in [2.24, 2.45) is 0 Å². The molecule has 0 aliphatic carbocycles. The number of hydrogen-bond acceptors (Lipinski definition) is 6. The van der Waals surface area contributed by atoms with Gasteiger partial charge in [-0.1, -0.05) is 0 Å². The molecule has 1 aliphatic rings. The lowest BCUT2D eigenvalue weighted by Crippen LogP contribution is -2.40. The molecule has 0 radical (unpaired) electrons. The Balaban J connectivity index is 1.46. The molecular formula is C16H17N3O2S. The van der Waals surface area contributed by atoms with Gasteiger partial charge >= 0.3 is 0 Å². The zero-order valence-electron chi connectivity index (χ0n) is 12.1. The van der Waals surface area contributed by atoms with Crippen molar-refractivity contribution < 1.29 is 9.47 Å². The first kappa shape index (κ1) is 15.0. The first-order valence-electron chi connectivity index (χ1n) is 7.21. The van der Waals surface area contributed by atoms with Gasteiger partial charge in [-0.2, -0.15) is 5.26 Å². The molecule has 0 N–H and O–H groups in total. The van der Waals surface area contributed by atoms with E-state index in [4.69, 9.17) is 14.7 Å². The fraction of sp³-hybridized carbons (Fsp3) is 0.375. The predicted molar refractivity (Wildman–Crippen MR) is 83.9 cm³/mol. The molecule has 6 heteroatoms. The van der Waals surface area contributed by atoms with Gasteiger partial charge in [0.05, 0.1) is 18.2 Å². The average Bonchev–Trinajstić information content (AvgIpc) is 3.10. The Morgan fingerprint density at radius 2 is 2.27 bits per heavy atom. The number of nitriles is 1. The highest BCUT2D eigenvalue weighted by Crippen LogP contribution is 2.23. The molecule has 5 nitrogen and oxygen atoms in total. The SMILES string of the molecule is N#Cc1ccc(OCCN2CCO[C@@H](c3nccs3)C2)cc1. The smallest absolute Gasteiger partial charge is 0.123 e. The molecule has 114 valence electrons. The van der Waals surface area contributed by atoms with Gasteiger partial charge < -0.3 is 9.47 Å². The lowest BCUT2D eigenvalue weighted by Gasteiger charge is -2.31. The number of benzene rings is 1. The fourth-order valence-corrected chi connectivity index (χ4v) is 3.04. The van der Waals surface area contributed by atoms with Crippen LogP contribution in [-0.2, 0) is 4.74 Å². The molecule has 3 rings (SSSR count). The highest BCUT2D eigenvalue weighted by Gasteiger charge is 2.23. The van der Waals surface area contributed by atoms with Crippen LogP contribution in [0.3, 0.4) is 0 Å². The van der Waals surface area contributed by atoms with Crippen molar-refractivity contribution in [3.05, 3.63) is 46.4 Å². The number of rotatable bonds is 5. The summed E-state index contributed by atoms with van der Waals surface area (Å²) in [6.45, 7) is 3.96. The van der Waals surface area contributed by atoms with Gasteiger partial charge in [-0.25, -0.2) is 4.98 Å². The topological polar surface area (TPSA) is 58.4 Å². The van der Waals surface area contributed by atoms with E-state index in [2.05, 4.69) is 16.0 Å². The van der Waals surface area contributed by atoms with Crippen molar-refractivity contribution in [1.29, 1.82) is 5.26 Å². The molecule has 1 aromatic carbocycles. The summed E-state index contributed by atoms with van der Waals surface area (Å²) in [6, 6.07) is 9.29. The van der Waals surface area contributed by atoms with Crippen LogP contribution in [0.15, 0.2) is 35.8 Å². The summed E-state index contributed by atoms with van der Waals surface area (Å²) in [5.74, 6) is 0.795. The minimum absolute atomic E-state index is 0.0728. The molecule has 0 unspecified atom stereocenters. The molecule has 1 saturated heterocycles. The number of hydrogen-bond donors (Lipinski definition) is 0. The van der Waals surface area contributed by atoms with Gasteiger partial charge in [0.25, 0.3) is 0 Å². The second kappa shape index (κ2) is 7.36. The third-order valence-corrected chi connectivity index (χ3v) is 4.40. The van der Waals surface area contributed by atoms with Crippen molar-refractivity contribution in [2.45, 2.75) is 6.10 Å². The van der Waals surface area contributed by atoms with Crippen LogP contribution in [0.1, 0.15) is 16.7 Å². The Kier molecular flexibility index (Phi) is 5.01. The minimum Gasteiger partial charge on any atom is -0.492 e. The molecule has 1 aliphatic heterocycles. The van der Waals surface area contributed by atoms with Crippen molar-refractivity contribution in [2.75, 3.05) is 32.8 Å². The van der Waals surface area contributed by atoms with Gasteiger partial charge in [-0.3, -0.25) is 4.90 Å². The summed E-state index contributed by atoms with van der Waals surface area (Å²) >= 11 is 1.64. The monoisotopic (exact) mass is 315 g/mol. The maximum Gasteiger partial charge on any atom is 0.123 e. The van der Waals surface area contributed by atoms with E-state index < -0.39 is 0 Å². The predicted octanol–water partition coefficient (Wildman–Crippen LogP) is 2.47. The lowest BCUT2D eigenvalue weighted by molar-refractivity contribution is -0.0329. The van der Waals surface area contributed by atoms with E-state index in [-0.39, 0.29) is 6.10 Å². The molecule has 1 aromatic heterocycles. The van der Waals surface area contributed by atoms with E-state index in [1.54, 1.807) is 23.5 Å². The van der Waals surface area contributed by atoms with Crippen molar-refractivity contribution in [3.63, 3.8) is 0 Å². The molecule has 2 aromatic rings. The lowest BCUT2D eigenvalue weighted by atomic mass is 10.2. The normalized spacial score (nSPS) is 18.8. The Hall–Kier alpha value is -1.94. The van der Waals surface area contributed by atoms with E-state index in [0.29, 0.717) is 12.2 Å². The Morgan fingerprint density at radius 1 is 1.41 bits per heavy atom. The molecule has 0 saturated carbocycles. The number of nitrogens with zero attached hydrogens (tertiary/aromatic N) is 3. The zero-order chi connectivity index (χ0) is 15.2. The van der Waals surface area contributed by atoms with E-state index in [1.165, 1.54) is 0 Å². The molecule has 22 heavy (non-hydrogen) atoms. The van der Waals surface area contributed by atoms with Gasteiger partial charge in [0.2, 0.25) is 0 Å². The molecule has 0 spiro atoms. The van der Waals surface area contributed by atoms with Crippen LogP contribution in [0.25, 0.3) is 0 Å². The second-order valence-corrected chi connectivity index (χ2v) is 5.94. The van der Waals surface area contributed by atoms with Gasteiger partial charge in [-0.15, -0.1) is 11.3 Å². The van der Waals surface area contributed by atoms with Crippen LogP contribution in [-0.4, -0.2) is 42.7 Å². The number of thiazole rings is 1. The quantitative estimate of drug-likeness (QED) is 0.848. The third kappa shape index (κ3) is 3.83. The Labute approximate surface area is 133 Å². The molecule has 1 atom stereocenters. The minimum atomic E-state index is 0.0728. The Morgan fingerprint density at radius 3 is 3.00 bits per heavy atom. The number of ether oxygens (including phenoxy) is 2. The largest absolute Gasteiger partial charge is 0.492 e. The van der Waals surface area contributed by atoms with Gasteiger partial charge in [0.1, 0.15) is 23.5 Å². The summed E-state index contributed by atoms with van der Waals surface area (Å²) in [5, 5.41) is 11.8. The summed E-state index contributed by atoms with van der Waals surface area (Å²) in [5.41, 5.74) is 0.645.